The first kappa shape index (κ1) is 21.7. The molecule has 1 aliphatic rings. The Labute approximate surface area is 182 Å². The first-order valence-corrected chi connectivity index (χ1v) is 9.82. The molecule has 30 heavy (non-hydrogen) atoms. The molecule has 156 valence electrons. The van der Waals surface area contributed by atoms with Gasteiger partial charge in [-0.15, -0.1) is 0 Å². The van der Waals surface area contributed by atoms with E-state index in [-0.39, 0.29) is 27.7 Å². The van der Waals surface area contributed by atoms with Crippen molar-refractivity contribution in [2.75, 3.05) is 4.90 Å². The lowest BCUT2D eigenvalue weighted by Crippen LogP contribution is -2.55. The van der Waals surface area contributed by atoms with Crippen molar-refractivity contribution >= 4 is 52.5 Å². The Hall–Kier alpha value is -2.97. The zero-order chi connectivity index (χ0) is 22.0. The molecule has 0 spiro atoms. The molecule has 8 nitrogen and oxygen atoms in total. The number of nitrogens with zero attached hydrogens (tertiary/aromatic N) is 3. The van der Waals surface area contributed by atoms with Gasteiger partial charge in [0.2, 0.25) is 11.8 Å². The van der Waals surface area contributed by atoms with Crippen molar-refractivity contribution in [3.8, 4) is 0 Å². The number of halogens is 2. The fourth-order valence-electron chi connectivity index (χ4n) is 2.96. The van der Waals surface area contributed by atoms with E-state index in [9.17, 15) is 19.2 Å². The number of imide groups is 1. The number of pyridine rings is 1. The summed E-state index contributed by atoms with van der Waals surface area (Å²) in [5.74, 6) is -2.80. The Morgan fingerprint density at radius 2 is 1.80 bits per heavy atom. The number of amides is 4. The normalized spacial score (nSPS) is 16.2. The molecule has 1 aromatic carbocycles. The Bertz CT molecular complexity index is 1010. The smallest absolute Gasteiger partial charge is 0.270 e. The van der Waals surface area contributed by atoms with Crippen molar-refractivity contribution in [2.24, 2.45) is 5.92 Å². The Kier molecular flexibility index (Phi) is 6.38. The van der Waals surface area contributed by atoms with Crippen LogP contribution in [0.5, 0.6) is 0 Å². The van der Waals surface area contributed by atoms with E-state index >= 15 is 0 Å². The molecule has 1 atom stereocenters. The highest BCUT2D eigenvalue weighted by Crippen LogP contribution is 2.31. The third kappa shape index (κ3) is 4.29. The number of carbonyl (C=O) groups excluding carboxylic acids is 4. The molecule has 1 aromatic heterocycles. The van der Waals surface area contributed by atoms with E-state index in [4.69, 9.17) is 23.2 Å². The van der Waals surface area contributed by atoms with Gasteiger partial charge in [0, 0.05) is 23.9 Å². The van der Waals surface area contributed by atoms with Crippen molar-refractivity contribution in [3.63, 3.8) is 0 Å². The van der Waals surface area contributed by atoms with Gasteiger partial charge < -0.3 is 0 Å². The van der Waals surface area contributed by atoms with Crippen LogP contribution < -0.4 is 10.3 Å². The largest absolute Gasteiger partial charge is 0.274 e. The van der Waals surface area contributed by atoms with Gasteiger partial charge in [0.15, 0.2) is 0 Å². The lowest BCUT2D eigenvalue weighted by Gasteiger charge is -2.29. The van der Waals surface area contributed by atoms with Crippen LogP contribution in [-0.4, -0.2) is 39.7 Å². The van der Waals surface area contributed by atoms with E-state index in [1.807, 2.05) is 0 Å². The van der Waals surface area contributed by atoms with Crippen LogP contribution in [0.3, 0.4) is 0 Å². The fourth-order valence-corrected chi connectivity index (χ4v) is 3.25. The molecule has 1 saturated heterocycles. The van der Waals surface area contributed by atoms with Gasteiger partial charge in [-0.2, -0.15) is 0 Å². The SMILES string of the molecule is CC(C)C(=O)N(NC(=O)c1ccncc1)C1CC(=O)N(c2ccc(Cl)c(Cl)c2)C1=O. The Morgan fingerprint density at radius 1 is 1.13 bits per heavy atom. The Morgan fingerprint density at radius 3 is 2.40 bits per heavy atom. The highest BCUT2D eigenvalue weighted by Gasteiger charge is 2.45. The number of hydrogen-bond acceptors (Lipinski definition) is 5. The van der Waals surface area contributed by atoms with Crippen LogP contribution in [0.25, 0.3) is 0 Å². The highest BCUT2D eigenvalue weighted by molar-refractivity contribution is 6.42. The second-order valence-corrected chi connectivity index (χ2v) is 7.74. The quantitative estimate of drug-likeness (QED) is 0.572. The summed E-state index contributed by atoms with van der Waals surface area (Å²) in [4.78, 5) is 55.8. The molecule has 1 unspecified atom stereocenters. The highest BCUT2D eigenvalue weighted by atomic mass is 35.5. The van der Waals surface area contributed by atoms with E-state index in [1.54, 1.807) is 13.8 Å². The van der Waals surface area contributed by atoms with E-state index in [0.29, 0.717) is 0 Å². The summed E-state index contributed by atoms with van der Waals surface area (Å²) in [5.41, 5.74) is 2.96. The average Bonchev–Trinajstić information content (AvgIpc) is 3.02. The van der Waals surface area contributed by atoms with Gasteiger partial charge in [-0.25, -0.2) is 9.91 Å². The van der Waals surface area contributed by atoms with Crippen molar-refractivity contribution in [3.05, 3.63) is 58.3 Å². The first-order valence-electron chi connectivity index (χ1n) is 9.06. The molecule has 0 saturated carbocycles. The maximum Gasteiger partial charge on any atom is 0.270 e. The summed E-state index contributed by atoms with van der Waals surface area (Å²) in [5, 5.41) is 1.39. The van der Waals surface area contributed by atoms with Crippen molar-refractivity contribution in [2.45, 2.75) is 26.3 Å². The van der Waals surface area contributed by atoms with E-state index in [2.05, 4.69) is 10.4 Å². The second kappa shape index (κ2) is 8.81. The molecule has 2 aromatic rings. The van der Waals surface area contributed by atoms with Crippen LogP contribution >= 0.6 is 23.2 Å². The Balaban J connectivity index is 1.91. The van der Waals surface area contributed by atoms with Gasteiger partial charge in [-0.1, -0.05) is 37.0 Å². The average molecular weight is 449 g/mol. The van der Waals surface area contributed by atoms with Gasteiger partial charge in [-0.05, 0) is 30.3 Å². The number of nitrogens with one attached hydrogen (secondary N) is 1. The van der Waals surface area contributed by atoms with Crippen molar-refractivity contribution in [1.29, 1.82) is 0 Å². The molecule has 4 amide bonds. The molecule has 1 aliphatic heterocycles. The van der Waals surface area contributed by atoms with Crippen LogP contribution in [0.1, 0.15) is 30.6 Å². The summed E-state index contributed by atoms with van der Waals surface area (Å²) >= 11 is 11.9. The number of carbonyl (C=O) groups is 4. The fraction of sp³-hybridized carbons (Fsp3) is 0.250. The van der Waals surface area contributed by atoms with Crippen LogP contribution in [0.15, 0.2) is 42.7 Å². The molecule has 3 rings (SSSR count). The minimum absolute atomic E-state index is 0.180. The predicted octanol–water partition coefficient (Wildman–Crippen LogP) is 2.85. The summed E-state index contributed by atoms with van der Waals surface area (Å²) in [6, 6.07) is 6.10. The number of benzene rings is 1. The second-order valence-electron chi connectivity index (χ2n) is 6.93. The molecule has 0 radical (unpaired) electrons. The third-order valence-electron chi connectivity index (χ3n) is 4.49. The van der Waals surface area contributed by atoms with Crippen molar-refractivity contribution in [1.82, 2.24) is 15.4 Å². The molecule has 1 N–H and O–H groups in total. The standard InChI is InChI=1S/C20H18Cl2N4O4/c1-11(2)19(29)26(24-18(28)12-5-7-23-8-6-12)16-10-17(27)25(20(16)30)13-3-4-14(21)15(22)9-13/h3-9,11,16H,10H2,1-2H3,(H,24,28). The number of anilines is 1. The minimum atomic E-state index is -1.19. The number of aromatic nitrogens is 1. The summed E-state index contributed by atoms with van der Waals surface area (Å²) < 4.78 is 0. The topological polar surface area (TPSA) is 99.7 Å². The van der Waals surface area contributed by atoms with Crippen LogP contribution in [0.4, 0.5) is 5.69 Å². The molecular weight excluding hydrogens is 431 g/mol. The first-order chi connectivity index (χ1) is 14.2. The van der Waals surface area contributed by atoms with Crippen LogP contribution in [0.2, 0.25) is 10.0 Å². The van der Waals surface area contributed by atoms with Gasteiger partial charge in [0.1, 0.15) is 6.04 Å². The maximum absolute atomic E-state index is 13.1. The monoisotopic (exact) mass is 448 g/mol. The summed E-state index contributed by atoms with van der Waals surface area (Å²) in [7, 11) is 0. The van der Waals surface area contributed by atoms with Crippen molar-refractivity contribution < 1.29 is 19.2 Å². The molecule has 2 heterocycles. The lowest BCUT2D eigenvalue weighted by atomic mass is 10.1. The molecular formula is C20H18Cl2N4O4. The molecule has 0 bridgehead atoms. The van der Waals surface area contributed by atoms with Gasteiger partial charge in [0.05, 0.1) is 22.2 Å². The molecule has 10 heteroatoms. The zero-order valence-electron chi connectivity index (χ0n) is 16.1. The van der Waals surface area contributed by atoms with E-state index in [1.165, 1.54) is 42.7 Å². The predicted molar refractivity (Wildman–Crippen MR) is 111 cm³/mol. The van der Waals surface area contributed by atoms with Gasteiger partial charge in [0.25, 0.3) is 11.8 Å². The van der Waals surface area contributed by atoms with E-state index in [0.717, 1.165) is 9.91 Å². The summed E-state index contributed by atoms with van der Waals surface area (Å²) in [6.45, 7) is 3.26. The van der Waals surface area contributed by atoms with Gasteiger partial charge >= 0.3 is 0 Å². The third-order valence-corrected chi connectivity index (χ3v) is 5.23. The zero-order valence-corrected chi connectivity index (χ0v) is 17.6. The maximum atomic E-state index is 13.1. The van der Waals surface area contributed by atoms with E-state index < -0.39 is 35.6 Å². The lowest BCUT2D eigenvalue weighted by molar-refractivity contribution is -0.143. The number of rotatable bonds is 4. The van der Waals surface area contributed by atoms with Crippen LogP contribution in [0, 0.1) is 5.92 Å². The number of hydrazine groups is 1. The van der Waals surface area contributed by atoms with Gasteiger partial charge in [-0.3, -0.25) is 29.6 Å². The summed E-state index contributed by atoms with van der Waals surface area (Å²) in [6.07, 6.45) is 2.58. The minimum Gasteiger partial charge on any atom is -0.274 e. The molecule has 1 fully saturated rings. The van der Waals surface area contributed by atoms with Crippen LogP contribution in [-0.2, 0) is 14.4 Å². The number of hydrogen-bond donors (Lipinski definition) is 1. The molecule has 0 aliphatic carbocycles.